The van der Waals surface area contributed by atoms with Crippen molar-refractivity contribution in [2.24, 2.45) is 0 Å². The molecule has 0 aliphatic rings. The van der Waals surface area contributed by atoms with Crippen molar-refractivity contribution in [3.05, 3.63) is 95.6 Å². The molecule has 3 aromatic carbocycles. The molecule has 0 aliphatic carbocycles. The average Bonchev–Trinajstić information content (AvgIpc) is 2.68. The molecule has 0 fully saturated rings. The van der Waals surface area contributed by atoms with Gasteiger partial charge >= 0.3 is 0 Å². The largest absolute Gasteiger partial charge is 0.388 e. The highest BCUT2D eigenvalue weighted by Gasteiger charge is 2.20. The fourth-order valence-corrected chi connectivity index (χ4v) is 4.00. The molecule has 26 heavy (non-hydrogen) atoms. The van der Waals surface area contributed by atoms with Gasteiger partial charge in [0, 0.05) is 21.8 Å². The molecular formula is C22H20O3S. The lowest BCUT2D eigenvalue weighted by Gasteiger charge is -2.15. The zero-order chi connectivity index (χ0) is 18.5. The lowest BCUT2D eigenvalue weighted by atomic mass is 10.0. The first-order valence-corrected chi connectivity index (χ1v) is 9.55. The van der Waals surface area contributed by atoms with Crippen molar-refractivity contribution in [2.75, 3.05) is 0 Å². The van der Waals surface area contributed by atoms with Crippen molar-refractivity contribution in [2.45, 2.75) is 29.2 Å². The minimum atomic E-state index is -1.42. The Labute approximate surface area is 155 Å². The molecule has 0 radical (unpaired) electrons. The van der Waals surface area contributed by atoms with Crippen LogP contribution in [-0.4, -0.2) is 15.1 Å². The number of hydrogen-bond donors (Lipinski definition) is 1. The number of ketones is 1. The standard InChI is InChI=1S/C22H20O3S/c1-16-11-13-18(14-12-16)26(25)22-10-6-5-9-19(22)21(24)15-20(23)17-7-3-2-4-8-17/h2-14,21,24H,15H2,1H3/t21-,26?/m0/s1. The Morgan fingerprint density at radius 1 is 0.923 bits per heavy atom. The van der Waals surface area contributed by atoms with Gasteiger partial charge < -0.3 is 5.11 Å². The zero-order valence-corrected chi connectivity index (χ0v) is 15.3. The van der Waals surface area contributed by atoms with Crippen molar-refractivity contribution >= 4 is 16.6 Å². The van der Waals surface area contributed by atoms with Crippen molar-refractivity contribution in [3.63, 3.8) is 0 Å². The van der Waals surface area contributed by atoms with Crippen LogP contribution in [-0.2, 0) is 10.8 Å². The molecule has 0 saturated carbocycles. The summed E-state index contributed by atoms with van der Waals surface area (Å²) in [5.74, 6) is -0.144. The number of Topliss-reactive ketones (excluding diaryl/α,β-unsaturated/α-hetero) is 1. The highest BCUT2D eigenvalue weighted by molar-refractivity contribution is 7.85. The Bertz CT molecular complexity index is 918. The van der Waals surface area contributed by atoms with E-state index in [-0.39, 0.29) is 12.2 Å². The van der Waals surface area contributed by atoms with Crippen LogP contribution in [0, 0.1) is 6.92 Å². The highest BCUT2D eigenvalue weighted by atomic mass is 32.2. The van der Waals surface area contributed by atoms with Crippen molar-refractivity contribution in [1.29, 1.82) is 0 Å². The van der Waals surface area contributed by atoms with Gasteiger partial charge in [0.2, 0.25) is 0 Å². The fraction of sp³-hybridized carbons (Fsp3) is 0.136. The number of carbonyl (C=O) groups is 1. The summed E-state index contributed by atoms with van der Waals surface area (Å²) < 4.78 is 13.0. The van der Waals surface area contributed by atoms with Crippen LogP contribution in [0.5, 0.6) is 0 Å². The third-order valence-electron chi connectivity index (χ3n) is 4.19. The molecule has 3 nitrogen and oxygen atoms in total. The smallest absolute Gasteiger partial charge is 0.165 e. The monoisotopic (exact) mass is 364 g/mol. The van der Waals surface area contributed by atoms with Crippen molar-refractivity contribution < 1.29 is 14.1 Å². The predicted octanol–water partition coefficient (Wildman–Crippen LogP) is 4.47. The topological polar surface area (TPSA) is 54.4 Å². The molecule has 0 spiro atoms. The van der Waals surface area contributed by atoms with Crippen LogP contribution in [0.4, 0.5) is 0 Å². The lowest BCUT2D eigenvalue weighted by Crippen LogP contribution is -2.10. The fourth-order valence-electron chi connectivity index (χ4n) is 2.74. The van der Waals surface area contributed by atoms with E-state index >= 15 is 0 Å². The molecule has 0 aliphatic heterocycles. The second kappa shape index (κ2) is 8.21. The van der Waals surface area contributed by atoms with Gasteiger partial charge in [0.05, 0.1) is 16.9 Å². The molecule has 132 valence electrons. The molecule has 0 amide bonds. The van der Waals surface area contributed by atoms with Crippen molar-refractivity contribution in [3.8, 4) is 0 Å². The summed E-state index contributed by atoms with van der Waals surface area (Å²) in [6.45, 7) is 1.97. The quantitative estimate of drug-likeness (QED) is 0.657. The molecule has 0 saturated heterocycles. The van der Waals surface area contributed by atoms with E-state index in [1.165, 1.54) is 0 Å². The van der Waals surface area contributed by atoms with Gasteiger partial charge in [-0.15, -0.1) is 0 Å². The first-order chi connectivity index (χ1) is 12.6. The predicted molar refractivity (Wildman–Crippen MR) is 103 cm³/mol. The van der Waals surface area contributed by atoms with E-state index in [0.717, 1.165) is 5.56 Å². The summed E-state index contributed by atoms with van der Waals surface area (Å²) in [5, 5.41) is 10.6. The van der Waals surface area contributed by atoms with E-state index in [0.29, 0.717) is 20.9 Å². The summed E-state index contributed by atoms with van der Waals surface area (Å²) in [6.07, 6.45) is -1.06. The average molecular weight is 364 g/mol. The van der Waals surface area contributed by atoms with Crippen LogP contribution in [0.1, 0.15) is 34.0 Å². The van der Waals surface area contributed by atoms with E-state index in [2.05, 4.69) is 0 Å². The summed E-state index contributed by atoms with van der Waals surface area (Å²) in [6, 6.07) is 23.4. The number of aryl methyl sites for hydroxylation is 1. The molecule has 3 rings (SSSR count). The molecule has 0 heterocycles. The van der Waals surface area contributed by atoms with Gasteiger partial charge in [-0.25, -0.2) is 4.21 Å². The minimum absolute atomic E-state index is 0.0495. The van der Waals surface area contributed by atoms with Gasteiger partial charge in [-0.3, -0.25) is 4.79 Å². The van der Waals surface area contributed by atoms with Crippen LogP contribution in [0.3, 0.4) is 0 Å². The maximum Gasteiger partial charge on any atom is 0.165 e. The van der Waals surface area contributed by atoms with E-state index in [4.69, 9.17) is 0 Å². The Kier molecular flexibility index (Phi) is 5.76. The number of aliphatic hydroxyl groups excluding tert-OH is 1. The van der Waals surface area contributed by atoms with Crippen LogP contribution < -0.4 is 0 Å². The van der Waals surface area contributed by atoms with Gasteiger partial charge in [-0.2, -0.15) is 0 Å². The van der Waals surface area contributed by atoms with Gasteiger partial charge in [0.25, 0.3) is 0 Å². The second-order valence-electron chi connectivity index (χ2n) is 6.13. The maximum atomic E-state index is 13.0. The Hall–Kier alpha value is -2.56. The first kappa shape index (κ1) is 18.2. The number of hydrogen-bond acceptors (Lipinski definition) is 3. The van der Waals surface area contributed by atoms with Crippen LogP contribution in [0.15, 0.2) is 88.7 Å². The van der Waals surface area contributed by atoms with Crippen LogP contribution >= 0.6 is 0 Å². The molecule has 2 atom stereocenters. The first-order valence-electron chi connectivity index (χ1n) is 8.40. The summed E-state index contributed by atoms with van der Waals surface area (Å²) in [5.41, 5.74) is 2.17. The summed E-state index contributed by atoms with van der Waals surface area (Å²) >= 11 is 0. The molecule has 4 heteroatoms. The summed E-state index contributed by atoms with van der Waals surface area (Å²) in [4.78, 5) is 13.6. The molecule has 1 unspecified atom stereocenters. The van der Waals surface area contributed by atoms with Gasteiger partial charge in [0.1, 0.15) is 0 Å². The normalized spacial score (nSPS) is 13.2. The molecule has 1 N–H and O–H groups in total. The Morgan fingerprint density at radius 2 is 1.54 bits per heavy atom. The Morgan fingerprint density at radius 3 is 2.23 bits per heavy atom. The van der Waals surface area contributed by atoms with Crippen molar-refractivity contribution in [1.82, 2.24) is 0 Å². The third kappa shape index (κ3) is 4.15. The van der Waals surface area contributed by atoms with E-state index in [1.807, 2.05) is 37.3 Å². The molecule has 0 bridgehead atoms. The molecular weight excluding hydrogens is 344 g/mol. The molecule has 3 aromatic rings. The van der Waals surface area contributed by atoms with Gasteiger partial charge in [-0.05, 0) is 30.7 Å². The number of aliphatic hydroxyl groups is 1. The third-order valence-corrected chi connectivity index (χ3v) is 5.66. The van der Waals surface area contributed by atoms with Crippen LogP contribution in [0.25, 0.3) is 0 Å². The SMILES string of the molecule is Cc1ccc(S(=O)c2ccccc2[C@@H](O)CC(=O)c2ccccc2)cc1. The maximum absolute atomic E-state index is 13.0. The van der Waals surface area contributed by atoms with Gasteiger partial charge in [0.15, 0.2) is 5.78 Å². The Balaban J connectivity index is 1.85. The summed E-state index contributed by atoms with van der Waals surface area (Å²) in [7, 11) is -1.42. The van der Waals surface area contributed by atoms with E-state index < -0.39 is 16.9 Å². The number of rotatable bonds is 6. The van der Waals surface area contributed by atoms with Gasteiger partial charge in [-0.1, -0.05) is 66.2 Å². The van der Waals surface area contributed by atoms with E-state index in [9.17, 15) is 14.1 Å². The zero-order valence-electron chi connectivity index (χ0n) is 14.5. The highest BCUT2D eigenvalue weighted by Crippen LogP contribution is 2.28. The second-order valence-corrected chi connectivity index (χ2v) is 7.58. The number of benzene rings is 3. The lowest BCUT2D eigenvalue weighted by molar-refractivity contribution is 0.0876. The minimum Gasteiger partial charge on any atom is -0.388 e. The number of carbonyl (C=O) groups excluding carboxylic acids is 1. The van der Waals surface area contributed by atoms with E-state index in [1.54, 1.807) is 48.5 Å². The molecule has 0 aromatic heterocycles. The van der Waals surface area contributed by atoms with Crippen LogP contribution in [0.2, 0.25) is 0 Å².